The first-order valence-corrected chi connectivity index (χ1v) is 11.0. The molecule has 0 atom stereocenters. The summed E-state index contributed by atoms with van der Waals surface area (Å²) in [7, 11) is -3.61. The normalized spacial score (nSPS) is 14.8. The Bertz CT molecular complexity index is 939. The fourth-order valence-electron chi connectivity index (χ4n) is 3.06. The van der Waals surface area contributed by atoms with Crippen LogP contribution in [0, 0.1) is 0 Å². The summed E-state index contributed by atoms with van der Waals surface area (Å²) in [5.74, 6) is 0.345. The molecule has 2 aromatic rings. The molecule has 0 unspecified atom stereocenters. The predicted molar refractivity (Wildman–Crippen MR) is 108 cm³/mol. The summed E-state index contributed by atoms with van der Waals surface area (Å²) < 4.78 is 32.3. The van der Waals surface area contributed by atoms with Gasteiger partial charge in [-0.25, -0.2) is 8.42 Å². The van der Waals surface area contributed by atoms with Crippen LogP contribution in [0.1, 0.15) is 35.7 Å². The molecule has 0 radical (unpaired) electrons. The maximum atomic E-state index is 12.7. The second-order valence-electron chi connectivity index (χ2n) is 6.51. The molecule has 1 saturated heterocycles. The van der Waals surface area contributed by atoms with E-state index in [0.717, 1.165) is 24.2 Å². The van der Waals surface area contributed by atoms with Crippen LogP contribution in [0.5, 0.6) is 5.75 Å². The van der Waals surface area contributed by atoms with Crippen molar-refractivity contribution in [3.8, 4) is 5.75 Å². The monoisotopic (exact) mass is 422 g/mol. The third-order valence-electron chi connectivity index (χ3n) is 4.57. The number of ether oxygens (including phenoxy) is 1. The fourth-order valence-corrected chi connectivity index (χ4v) is 4.81. The molecule has 1 aliphatic heterocycles. The Morgan fingerprint density at radius 2 is 1.82 bits per heavy atom. The maximum absolute atomic E-state index is 12.7. The average molecular weight is 423 g/mol. The number of carbonyl (C=O) groups is 1. The van der Waals surface area contributed by atoms with Gasteiger partial charge in [0.1, 0.15) is 5.75 Å². The van der Waals surface area contributed by atoms with Gasteiger partial charge >= 0.3 is 0 Å². The van der Waals surface area contributed by atoms with Gasteiger partial charge in [-0.15, -0.1) is 0 Å². The lowest BCUT2D eigenvalue weighted by atomic mass is 10.2. The molecule has 3 rings (SSSR count). The molecule has 0 saturated carbocycles. The van der Waals surface area contributed by atoms with E-state index in [1.807, 2.05) is 31.2 Å². The standard InChI is InChI=1S/C20H23ClN2O4S/c1-2-27-16-7-5-15(6-8-16)14-22-20(24)18-13-17(9-10-19(18)21)28(25,26)23-11-3-4-12-23/h5-10,13H,2-4,11-12,14H2,1H3,(H,22,24). The van der Waals surface area contributed by atoms with Gasteiger partial charge < -0.3 is 10.1 Å². The summed E-state index contributed by atoms with van der Waals surface area (Å²) in [5.41, 5.74) is 1.04. The van der Waals surface area contributed by atoms with Crippen molar-refractivity contribution in [2.75, 3.05) is 19.7 Å². The van der Waals surface area contributed by atoms with E-state index in [1.54, 1.807) is 0 Å². The number of rotatable bonds is 7. The first-order valence-electron chi connectivity index (χ1n) is 9.21. The Hall–Kier alpha value is -2.09. The average Bonchev–Trinajstić information content (AvgIpc) is 3.23. The van der Waals surface area contributed by atoms with Crippen LogP contribution in [-0.4, -0.2) is 38.3 Å². The zero-order chi connectivity index (χ0) is 20.1. The van der Waals surface area contributed by atoms with Gasteiger partial charge in [0, 0.05) is 19.6 Å². The van der Waals surface area contributed by atoms with E-state index < -0.39 is 15.9 Å². The number of nitrogens with one attached hydrogen (secondary N) is 1. The van der Waals surface area contributed by atoms with Crippen molar-refractivity contribution in [3.05, 3.63) is 58.6 Å². The molecule has 28 heavy (non-hydrogen) atoms. The lowest BCUT2D eigenvalue weighted by molar-refractivity contribution is 0.0951. The van der Waals surface area contributed by atoms with E-state index in [2.05, 4.69) is 5.32 Å². The molecule has 0 aromatic heterocycles. The summed E-state index contributed by atoms with van der Waals surface area (Å²) in [5, 5.41) is 3.00. The van der Waals surface area contributed by atoms with Crippen molar-refractivity contribution in [2.24, 2.45) is 0 Å². The summed E-state index contributed by atoms with van der Waals surface area (Å²) in [6, 6.07) is 11.6. The molecule has 1 aliphatic rings. The zero-order valence-corrected chi connectivity index (χ0v) is 17.2. The third kappa shape index (κ3) is 4.66. The minimum Gasteiger partial charge on any atom is -0.494 e. The van der Waals surface area contributed by atoms with Crippen LogP contribution < -0.4 is 10.1 Å². The van der Waals surface area contributed by atoms with Gasteiger partial charge in [-0.1, -0.05) is 23.7 Å². The minimum absolute atomic E-state index is 0.0880. The van der Waals surface area contributed by atoms with E-state index in [9.17, 15) is 13.2 Å². The topological polar surface area (TPSA) is 75.7 Å². The molecule has 150 valence electrons. The minimum atomic E-state index is -3.61. The van der Waals surface area contributed by atoms with Gasteiger partial charge in [-0.3, -0.25) is 4.79 Å². The van der Waals surface area contributed by atoms with Crippen LogP contribution in [0.2, 0.25) is 5.02 Å². The lowest BCUT2D eigenvalue weighted by Gasteiger charge is -2.16. The molecule has 0 spiro atoms. The molecule has 1 amide bonds. The van der Waals surface area contributed by atoms with Gasteiger partial charge in [-0.05, 0) is 55.7 Å². The van der Waals surface area contributed by atoms with E-state index in [4.69, 9.17) is 16.3 Å². The number of amides is 1. The molecule has 1 fully saturated rings. The molecule has 2 aromatic carbocycles. The van der Waals surface area contributed by atoms with Gasteiger partial charge in [0.05, 0.1) is 22.1 Å². The highest BCUT2D eigenvalue weighted by Crippen LogP contribution is 2.25. The van der Waals surface area contributed by atoms with Crippen LogP contribution >= 0.6 is 11.6 Å². The molecular formula is C20H23ClN2O4S. The fraction of sp³-hybridized carbons (Fsp3) is 0.350. The Balaban J connectivity index is 1.72. The second-order valence-corrected chi connectivity index (χ2v) is 8.86. The van der Waals surface area contributed by atoms with Crippen LogP contribution in [0.3, 0.4) is 0 Å². The van der Waals surface area contributed by atoms with E-state index in [-0.39, 0.29) is 15.5 Å². The summed E-state index contributed by atoms with van der Waals surface area (Å²) in [6.07, 6.45) is 1.70. The van der Waals surface area contributed by atoms with Crippen LogP contribution in [0.25, 0.3) is 0 Å². The number of sulfonamides is 1. The predicted octanol–water partition coefficient (Wildman–Crippen LogP) is 3.45. The summed E-state index contributed by atoms with van der Waals surface area (Å²) in [6.45, 7) is 3.81. The summed E-state index contributed by atoms with van der Waals surface area (Å²) >= 11 is 6.15. The molecule has 1 heterocycles. The van der Waals surface area contributed by atoms with Gasteiger partial charge in [0.2, 0.25) is 10.0 Å². The summed E-state index contributed by atoms with van der Waals surface area (Å²) in [4.78, 5) is 12.7. The number of carbonyl (C=O) groups excluding carboxylic acids is 1. The van der Waals surface area contributed by atoms with E-state index in [0.29, 0.717) is 26.2 Å². The Morgan fingerprint density at radius 3 is 2.46 bits per heavy atom. The number of nitrogens with zero attached hydrogens (tertiary/aromatic N) is 1. The van der Waals surface area contributed by atoms with Crippen molar-refractivity contribution >= 4 is 27.5 Å². The number of hydrogen-bond acceptors (Lipinski definition) is 4. The van der Waals surface area contributed by atoms with E-state index >= 15 is 0 Å². The Kier molecular flexibility index (Phi) is 6.59. The lowest BCUT2D eigenvalue weighted by Crippen LogP contribution is -2.28. The zero-order valence-electron chi connectivity index (χ0n) is 15.7. The largest absolute Gasteiger partial charge is 0.494 e. The van der Waals surface area contributed by atoms with Gasteiger partial charge in [-0.2, -0.15) is 4.31 Å². The Labute approximate surface area is 170 Å². The maximum Gasteiger partial charge on any atom is 0.253 e. The molecule has 0 bridgehead atoms. The van der Waals surface area contributed by atoms with Crippen molar-refractivity contribution in [2.45, 2.75) is 31.2 Å². The highest BCUT2D eigenvalue weighted by Gasteiger charge is 2.28. The number of halogens is 1. The van der Waals surface area contributed by atoms with Crippen LogP contribution in [-0.2, 0) is 16.6 Å². The SMILES string of the molecule is CCOc1ccc(CNC(=O)c2cc(S(=O)(=O)N3CCCC3)ccc2Cl)cc1. The smallest absolute Gasteiger partial charge is 0.253 e. The van der Waals surface area contributed by atoms with Crippen molar-refractivity contribution in [3.63, 3.8) is 0 Å². The van der Waals surface area contributed by atoms with E-state index in [1.165, 1.54) is 22.5 Å². The number of hydrogen-bond donors (Lipinski definition) is 1. The quantitative estimate of drug-likeness (QED) is 0.741. The third-order valence-corrected chi connectivity index (χ3v) is 6.80. The molecule has 6 nitrogen and oxygen atoms in total. The highest BCUT2D eigenvalue weighted by molar-refractivity contribution is 7.89. The van der Waals surface area contributed by atoms with Gasteiger partial charge in [0.25, 0.3) is 5.91 Å². The van der Waals surface area contributed by atoms with Crippen molar-refractivity contribution in [1.82, 2.24) is 9.62 Å². The van der Waals surface area contributed by atoms with Gasteiger partial charge in [0.15, 0.2) is 0 Å². The first-order chi connectivity index (χ1) is 13.4. The second kappa shape index (κ2) is 8.94. The van der Waals surface area contributed by atoms with Crippen LogP contribution in [0.4, 0.5) is 0 Å². The highest BCUT2D eigenvalue weighted by atomic mass is 35.5. The van der Waals surface area contributed by atoms with Crippen molar-refractivity contribution in [1.29, 1.82) is 0 Å². The van der Waals surface area contributed by atoms with Crippen LogP contribution in [0.15, 0.2) is 47.4 Å². The van der Waals surface area contributed by atoms with Crippen molar-refractivity contribution < 1.29 is 17.9 Å². The Morgan fingerprint density at radius 1 is 1.14 bits per heavy atom. The molecule has 1 N–H and O–H groups in total. The molecule has 8 heteroatoms. The first kappa shape index (κ1) is 20.6. The molecule has 0 aliphatic carbocycles. The number of benzene rings is 2. The molecular weight excluding hydrogens is 400 g/mol.